The lowest BCUT2D eigenvalue weighted by atomic mass is 9.76. The van der Waals surface area contributed by atoms with Gasteiger partial charge in [-0.25, -0.2) is 0 Å². The molecule has 1 aliphatic heterocycles. The Kier molecular flexibility index (Phi) is 14.8. The van der Waals surface area contributed by atoms with E-state index in [0.717, 1.165) is 49.7 Å². The summed E-state index contributed by atoms with van der Waals surface area (Å²) in [6, 6.07) is 24.1. The van der Waals surface area contributed by atoms with Gasteiger partial charge in [0.2, 0.25) is 0 Å². The highest BCUT2D eigenvalue weighted by molar-refractivity contribution is 7.86. The van der Waals surface area contributed by atoms with E-state index in [1.807, 2.05) is 74.5 Å². The van der Waals surface area contributed by atoms with Crippen LogP contribution in [0.25, 0.3) is 21.5 Å². The number of unbranched alkanes of at least 4 members (excludes halogenated alkanes) is 2. The van der Waals surface area contributed by atoms with E-state index in [1.165, 1.54) is 6.08 Å². The van der Waals surface area contributed by atoms with E-state index >= 15 is 0 Å². The lowest BCUT2D eigenvalue weighted by Crippen LogP contribution is -2.29. The van der Waals surface area contributed by atoms with E-state index in [-0.39, 0.29) is 49.1 Å². The zero-order valence-electron chi connectivity index (χ0n) is 36.5. The summed E-state index contributed by atoms with van der Waals surface area (Å²) in [6.07, 6.45) is 9.32. The first-order valence-corrected chi connectivity index (χ1v) is 25.0. The van der Waals surface area contributed by atoms with Crippen molar-refractivity contribution in [2.24, 2.45) is 5.92 Å². The number of carbonyl (C=O) groups is 2. The number of fused-ring (bicyclic) bond motifs is 4. The van der Waals surface area contributed by atoms with E-state index in [2.05, 4.69) is 48.3 Å². The lowest BCUT2D eigenvalue weighted by molar-refractivity contribution is -0.148. The van der Waals surface area contributed by atoms with Gasteiger partial charge in [0.1, 0.15) is 0 Å². The third-order valence-electron chi connectivity index (χ3n) is 12.1. The molecule has 0 aromatic heterocycles. The molecular weight excluding hydrogens is 860 g/mol. The first kappa shape index (κ1) is 47.7. The third-order valence-corrected chi connectivity index (χ3v) is 14.2. The average Bonchev–Trinajstić information content (AvgIpc) is 3.44. The Labute approximate surface area is 376 Å². The molecule has 0 bridgehead atoms. The quantitative estimate of drug-likeness (QED) is 0.0376. The van der Waals surface area contributed by atoms with Gasteiger partial charge in [-0.05, 0) is 127 Å². The second-order valence-electron chi connectivity index (χ2n) is 17.3. The number of hydrogen-bond acceptors (Lipinski definition) is 9. The van der Waals surface area contributed by atoms with E-state index in [9.17, 15) is 31.0 Å². The maximum Gasteiger partial charge on any atom is 0.309 e. The Hall–Kier alpha value is -4.79. The Balaban J connectivity index is 1.36. The highest BCUT2D eigenvalue weighted by Gasteiger charge is 2.41. The molecule has 4 aromatic carbocycles. The van der Waals surface area contributed by atoms with Gasteiger partial charge in [0, 0.05) is 40.6 Å². The highest BCUT2D eigenvalue weighted by atomic mass is 35.5. The third kappa shape index (κ3) is 11.1. The van der Waals surface area contributed by atoms with Crippen LogP contribution in [-0.4, -0.2) is 68.9 Å². The van der Waals surface area contributed by atoms with Crippen molar-refractivity contribution in [2.75, 3.05) is 41.4 Å². The molecule has 4 aromatic rings. The summed E-state index contributed by atoms with van der Waals surface area (Å²) in [4.78, 5) is 30.0. The van der Waals surface area contributed by atoms with Gasteiger partial charge in [-0.3, -0.25) is 18.7 Å². The molecule has 0 saturated carbocycles. The first-order chi connectivity index (χ1) is 29.7. The van der Waals surface area contributed by atoms with Crippen molar-refractivity contribution in [2.45, 2.75) is 84.0 Å². The Morgan fingerprint density at radius 3 is 2.14 bits per heavy atom. The molecule has 0 spiro atoms. The molecule has 0 radical (unpaired) electrons. The number of carbonyl (C=O) groups excluding carboxylic acids is 2. The monoisotopic (exact) mass is 916 g/mol. The van der Waals surface area contributed by atoms with Gasteiger partial charge in [0.15, 0.2) is 5.78 Å². The van der Waals surface area contributed by atoms with Gasteiger partial charge in [-0.2, -0.15) is 16.8 Å². The number of anilines is 2. The highest BCUT2D eigenvalue weighted by Crippen LogP contribution is 2.51. The molecule has 63 heavy (non-hydrogen) atoms. The maximum atomic E-state index is 14.4. The SMILES string of the molecule is CCOC(=O)C1CC(=CC=C2N(CCCCS(=O)(=O)O)c3ccc4ccccc4c3C2(C)C)C(Cl)=C(C=CC(=O)C(C)(C)c2c(NCCCCS(=O)(=O)O)ccc3ccccc23)C1. The van der Waals surface area contributed by atoms with Crippen LogP contribution in [0.1, 0.15) is 84.3 Å². The molecule has 6 rings (SSSR count). The van der Waals surface area contributed by atoms with Crippen molar-refractivity contribution in [3.05, 3.63) is 130 Å². The number of nitrogens with one attached hydrogen (secondary N) is 1. The molecule has 0 saturated heterocycles. The molecule has 0 fully saturated rings. The number of ether oxygens (including phenoxy) is 1. The number of ketones is 1. The summed E-state index contributed by atoms with van der Waals surface area (Å²) in [6.45, 7) is 10.9. The van der Waals surface area contributed by atoms with Crippen molar-refractivity contribution in [3.8, 4) is 0 Å². The van der Waals surface area contributed by atoms with Gasteiger partial charge < -0.3 is 15.0 Å². The number of halogens is 1. The molecular formula is C49H57ClN2O9S2. The number of rotatable bonds is 18. The molecule has 1 heterocycles. The summed E-state index contributed by atoms with van der Waals surface area (Å²) < 4.78 is 69.7. The van der Waals surface area contributed by atoms with Crippen LogP contribution in [0, 0.1) is 5.92 Å². The van der Waals surface area contributed by atoms with Crippen LogP contribution in [-0.2, 0) is 45.4 Å². The fraction of sp³-hybridized carbons (Fsp3) is 0.388. The van der Waals surface area contributed by atoms with Crippen LogP contribution in [0.5, 0.6) is 0 Å². The van der Waals surface area contributed by atoms with Crippen molar-refractivity contribution in [3.63, 3.8) is 0 Å². The fourth-order valence-electron chi connectivity index (χ4n) is 8.94. The van der Waals surface area contributed by atoms with Gasteiger partial charge in [-0.15, -0.1) is 0 Å². The van der Waals surface area contributed by atoms with Crippen molar-refractivity contribution in [1.82, 2.24) is 0 Å². The predicted molar refractivity (Wildman–Crippen MR) is 254 cm³/mol. The van der Waals surface area contributed by atoms with Crippen LogP contribution in [0.2, 0.25) is 0 Å². The van der Waals surface area contributed by atoms with Gasteiger partial charge >= 0.3 is 5.97 Å². The average molecular weight is 918 g/mol. The molecule has 11 nitrogen and oxygen atoms in total. The standard InChI is InChI=1S/C49H57ClN2O9S2/c1-6-61-47(54)37-31-35(21-25-42-48(2,3)45-39-18-10-8-16-34(39)20-24-41(45)52(42)28-12-14-30-63(58,59)60)46(50)36(32-37)22-26-43(53)49(4,5)44-38-17-9-7-15-33(38)19-23-40(44)51-27-11-13-29-62(55,56)57/h7-10,15-26,37,51H,6,11-14,27-32H2,1-5H3,(H,55,56,57)(H,58,59,60). The Morgan fingerprint density at radius 1 is 0.857 bits per heavy atom. The second-order valence-corrected chi connectivity index (χ2v) is 20.9. The largest absolute Gasteiger partial charge is 0.466 e. The van der Waals surface area contributed by atoms with Crippen LogP contribution in [0.3, 0.4) is 0 Å². The van der Waals surface area contributed by atoms with E-state index in [1.54, 1.807) is 13.0 Å². The van der Waals surface area contributed by atoms with Gasteiger partial charge in [-0.1, -0.05) is 98.3 Å². The minimum atomic E-state index is -4.10. The number of allylic oxidation sites excluding steroid dienone is 8. The summed E-state index contributed by atoms with van der Waals surface area (Å²) >= 11 is 7.24. The van der Waals surface area contributed by atoms with Crippen molar-refractivity contribution in [1.29, 1.82) is 0 Å². The Morgan fingerprint density at radius 2 is 1.48 bits per heavy atom. The normalized spacial score (nSPS) is 18.2. The van der Waals surface area contributed by atoms with E-state index in [0.29, 0.717) is 48.5 Å². The summed E-state index contributed by atoms with van der Waals surface area (Å²) in [5.74, 6) is -1.77. The molecule has 336 valence electrons. The summed E-state index contributed by atoms with van der Waals surface area (Å²) in [5.41, 5.74) is 4.42. The van der Waals surface area contributed by atoms with E-state index < -0.39 is 37.0 Å². The summed E-state index contributed by atoms with van der Waals surface area (Å²) in [7, 11) is -8.17. The number of hydrogen-bond donors (Lipinski definition) is 3. The topological polar surface area (TPSA) is 167 Å². The first-order valence-electron chi connectivity index (χ1n) is 21.4. The van der Waals surface area contributed by atoms with Gasteiger partial charge in [0.05, 0.1) is 29.4 Å². The van der Waals surface area contributed by atoms with Crippen LogP contribution >= 0.6 is 11.6 Å². The van der Waals surface area contributed by atoms with Crippen LogP contribution in [0.4, 0.5) is 11.4 Å². The molecule has 14 heteroatoms. The van der Waals surface area contributed by atoms with Crippen molar-refractivity contribution >= 4 is 76.5 Å². The Bertz CT molecular complexity index is 2750. The van der Waals surface area contributed by atoms with Gasteiger partial charge in [0.25, 0.3) is 20.2 Å². The molecule has 2 aliphatic rings. The molecule has 1 aliphatic carbocycles. The van der Waals surface area contributed by atoms with Crippen LogP contribution < -0.4 is 10.2 Å². The fourth-order valence-corrected chi connectivity index (χ4v) is 10.4. The summed E-state index contributed by atoms with van der Waals surface area (Å²) in [5, 5.41) is 7.88. The van der Waals surface area contributed by atoms with Crippen LogP contribution in [0.15, 0.2) is 119 Å². The minimum absolute atomic E-state index is 0.196. The number of nitrogens with zero attached hydrogens (tertiary/aromatic N) is 1. The lowest BCUT2D eigenvalue weighted by Gasteiger charge is -2.28. The molecule has 0 amide bonds. The zero-order valence-corrected chi connectivity index (χ0v) is 38.9. The predicted octanol–water partition coefficient (Wildman–Crippen LogP) is 10.2. The molecule has 1 atom stereocenters. The molecule has 3 N–H and O–H groups in total. The number of esters is 1. The zero-order chi connectivity index (χ0) is 45.7. The number of benzene rings is 4. The van der Waals surface area contributed by atoms with Crippen molar-refractivity contribution < 1.29 is 40.3 Å². The second kappa shape index (κ2) is 19.5. The minimum Gasteiger partial charge on any atom is -0.466 e. The molecule has 1 unspecified atom stereocenters. The maximum absolute atomic E-state index is 14.4. The smallest absolute Gasteiger partial charge is 0.309 e. The van der Waals surface area contributed by atoms with E-state index in [4.69, 9.17) is 20.9 Å².